The second kappa shape index (κ2) is 8.63. The zero-order chi connectivity index (χ0) is 17.5. The summed E-state index contributed by atoms with van der Waals surface area (Å²) in [6.45, 7) is 6.51. The normalized spacial score (nSPS) is 20.1. The number of amides is 2. The van der Waals surface area contributed by atoms with E-state index in [1.807, 2.05) is 37.4 Å². The van der Waals surface area contributed by atoms with Crippen LogP contribution >= 0.6 is 11.8 Å². The quantitative estimate of drug-likeness (QED) is 0.584. The number of carbonyl (C=O) groups excluding carboxylic acids is 2. The number of thioether (sulfide) groups is 1. The van der Waals surface area contributed by atoms with E-state index in [-0.39, 0.29) is 0 Å². The lowest BCUT2D eigenvalue weighted by molar-refractivity contribution is -0.147. The molecule has 1 fully saturated rings. The van der Waals surface area contributed by atoms with Crippen LogP contribution in [0.25, 0.3) is 0 Å². The lowest BCUT2D eigenvalue weighted by Gasteiger charge is -2.33. The van der Waals surface area contributed by atoms with Gasteiger partial charge >= 0.3 is 12.0 Å². The highest BCUT2D eigenvalue weighted by Crippen LogP contribution is 2.35. The molecule has 1 aromatic carbocycles. The molecule has 0 saturated carbocycles. The van der Waals surface area contributed by atoms with Gasteiger partial charge in [0, 0.05) is 17.0 Å². The van der Waals surface area contributed by atoms with Crippen LogP contribution < -0.4 is 15.4 Å². The summed E-state index contributed by atoms with van der Waals surface area (Å²) >= 11 is 1.59. The Hall–Kier alpha value is -2.15. The number of carbonyl (C=O) groups is 2. The molecular weight excluding hydrogens is 328 g/mol. The molecule has 1 saturated heterocycles. The Bertz CT molecular complexity index is 620. The average Bonchev–Trinajstić information content (AvgIpc) is 2.55. The van der Waals surface area contributed by atoms with E-state index in [1.165, 1.54) is 0 Å². The minimum atomic E-state index is -0.717. The highest BCUT2D eigenvalue weighted by Gasteiger charge is 2.40. The molecule has 1 aliphatic rings. The summed E-state index contributed by atoms with van der Waals surface area (Å²) in [6, 6.07) is 6.34. The molecule has 24 heavy (non-hydrogen) atoms. The summed E-state index contributed by atoms with van der Waals surface area (Å²) in [5, 5.41) is 5.35. The smallest absolute Gasteiger partial charge is 0.319 e. The monoisotopic (exact) mass is 350 g/mol. The number of hydrogen-bond acceptors (Lipinski definition) is 5. The van der Waals surface area contributed by atoms with Crippen LogP contribution in [0.5, 0.6) is 5.75 Å². The minimum Gasteiger partial charge on any atom is -0.494 e. The largest absolute Gasteiger partial charge is 0.494 e. The Balaban J connectivity index is 2.30. The van der Waals surface area contributed by atoms with Crippen molar-refractivity contribution in [2.24, 2.45) is 5.92 Å². The van der Waals surface area contributed by atoms with Crippen LogP contribution in [0.3, 0.4) is 0 Å². The number of ether oxygens (including phenoxy) is 2. The fraction of sp³-hybridized carbons (Fsp3) is 0.412. The van der Waals surface area contributed by atoms with E-state index in [0.717, 1.165) is 5.56 Å². The summed E-state index contributed by atoms with van der Waals surface area (Å²) in [5.74, 6) is 0.205. The van der Waals surface area contributed by atoms with E-state index >= 15 is 0 Å². The van der Waals surface area contributed by atoms with Crippen molar-refractivity contribution in [1.82, 2.24) is 10.6 Å². The van der Waals surface area contributed by atoms with E-state index in [1.54, 1.807) is 11.8 Å². The summed E-state index contributed by atoms with van der Waals surface area (Å²) in [4.78, 5) is 24.4. The average molecular weight is 350 g/mol. The predicted octanol–water partition coefficient (Wildman–Crippen LogP) is 2.48. The molecular formula is C17H22N2O4S. The van der Waals surface area contributed by atoms with Gasteiger partial charge in [0.05, 0.1) is 12.6 Å². The van der Waals surface area contributed by atoms with Crippen LogP contribution in [-0.2, 0) is 9.53 Å². The summed E-state index contributed by atoms with van der Waals surface area (Å²) < 4.78 is 11.0. The molecule has 2 rings (SSSR count). The Labute approximate surface area is 146 Å². The molecule has 1 aliphatic heterocycles. The number of nitrogens with one attached hydrogen (secondary N) is 2. The first-order chi connectivity index (χ1) is 11.6. The molecule has 0 unspecified atom stereocenters. The van der Waals surface area contributed by atoms with Crippen molar-refractivity contribution in [3.05, 3.63) is 42.1 Å². The third kappa shape index (κ3) is 4.23. The van der Waals surface area contributed by atoms with E-state index < -0.39 is 24.0 Å². The Morgan fingerprint density at radius 1 is 1.38 bits per heavy atom. The van der Waals surface area contributed by atoms with E-state index in [9.17, 15) is 9.59 Å². The van der Waals surface area contributed by atoms with Gasteiger partial charge in [-0.2, -0.15) is 11.8 Å². The fourth-order valence-corrected chi connectivity index (χ4v) is 2.81. The van der Waals surface area contributed by atoms with Crippen LogP contribution in [-0.4, -0.2) is 37.2 Å². The number of para-hydroxylation sites is 1. The van der Waals surface area contributed by atoms with Crippen LogP contribution in [0.1, 0.15) is 18.5 Å². The van der Waals surface area contributed by atoms with Gasteiger partial charge < -0.3 is 20.1 Å². The second-order valence-corrected chi connectivity index (χ2v) is 6.20. The van der Waals surface area contributed by atoms with Crippen molar-refractivity contribution >= 4 is 23.8 Å². The number of esters is 1. The molecule has 1 heterocycles. The van der Waals surface area contributed by atoms with Crippen molar-refractivity contribution in [3.8, 4) is 5.75 Å². The number of urea groups is 1. The van der Waals surface area contributed by atoms with Gasteiger partial charge in [-0.25, -0.2) is 4.79 Å². The van der Waals surface area contributed by atoms with Gasteiger partial charge in [-0.1, -0.05) is 24.8 Å². The highest BCUT2D eigenvalue weighted by molar-refractivity contribution is 7.98. The molecule has 6 nitrogen and oxygen atoms in total. The lowest BCUT2D eigenvalue weighted by Crippen LogP contribution is -2.51. The van der Waals surface area contributed by atoms with Gasteiger partial charge in [0.15, 0.2) is 0 Å². The first kappa shape index (κ1) is 18.2. The van der Waals surface area contributed by atoms with E-state index in [4.69, 9.17) is 9.47 Å². The Morgan fingerprint density at radius 3 is 2.83 bits per heavy atom. The molecule has 7 heteroatoms. The maximum atomic E-state index is 12.5. The molecule has 0 bridgehead atoms. The number of benzene rings is 1. The minimum absolute atomic E-state index is 0.317. The Kier molecular flexibility index (Phi) is 6.54. The SMILES string of the molecule is C=C1NC(=O)N[C@H](c2ccccc2OCC)[C@H]1C(=O)OCCSC. The zero-order valence-corrected chi connectivity index (χ0v) is 14.7. The molecule has 0 aromatic heterocycles. The Morgan fingerprint density at radius 2 is 2.12 bits per heavy atom. The van der Waals surface area contributed by atoms with Gasteiger partial charge in [0.1, 0.15) is 18.3 Å². The van der Waals surface area contributed by atoms with Crippen molar-refractivity contribution in [3.63, 3.8) is 0 Å². The van der Waals surface area contributed by atoms with Crippen LogP contribution in [0, 0.1) is 5.92 Å². The van der Waals surface area contributed by atoms with Crippen molar-refractivity contribution in [2.75, 3.05) is 25.2 Å². The highest BCUT2D eigenvalue weighted by atomic mass is 32.2. The third-order valence-electron chi connectivity index (χ3n) is 3.61. The first-order valence-electron chi connectivity index (χ1n) is 7.72. The van der Waals surface area contributed by atoms with E-state index in [0.29, 0.717) is 30.4 Å². The standard InChI is InChI=1S/C17H22N2O4S/c1-4-22-13-8-6-5-7-12(13)15-14(11(2)18-17(21)19-15)16(20)23-9-10-24-3/h5-8,14-15H,2,4,9-10H2,1,3H3,(H2,18,19,21)/t14-,15+/m0/s1. The summed E-state index contributed by atoms with van der Waals surface area (Å²) in [5.41, 5.74) is 1.05. The molecule has 2 amide bonds. The molecule has 0 aliphatic carbocycles. The molecule has 1 aromatic rings. The fourth-order valence-electron chi connectivity index (χ4n) is 2.56. The molecule has 2 atom stereocenters. The van der Waals surface area contributed by atoms with Gasteiger partial charge in [0.2, 0.25) is 0 Å². The predicted molar refractivity (Wildman–Crippen MR) is 94.0 cm³/mol. The van der Waals surface area contributed by atoms with Gasteiger partial charge in [-0.3, -0.25) is 4.79 Å². The van der Waals surface area contributed by atoms with Gasteiger partial charge in [-0.05, 0) is 19.2 Å². The molecule has 0 spiro atoms. The maximum Gasteiger partial charge on any atom is 0.319 e. The maximum absolute atomic E-state index is 12.5. The molecule has 0 radical (unpaired) electrons. The van der Waals surface area contributed by atoms with Crippen molar-refractivity contribution < 1.29 is 19.1 Å². The molecule has 2 N–H and O–H groups in total. The van der Waals surface area contributed by atoms with Crippen molar-refractivity contribution in [1.29, 1.82) is 0 Å². The second-order valence-electron chi connectivity index (χ2n) is 5.21. The first-order valence-corrected chi connectivity index (χ1v) is 9.11. The van der Waals surface area contributed by atoms with Gasteiger partial charge in [-0.15, -0.1) is 0 Å². The number of hydrogen-bond donors (Lipinski definition) is 2. The summed E-state index contributed by atoms with van der Waals surface area (Å²) in [6.07, 6.45) is 1.94. The summed E-state index contributed by atoms with van der Waals surface area (Å²) in [7, 11) is 0. The van der Waals surface area contributed by atoms with E-state index in [2.05, 4.69) is 17.2 Å². The lowest BCUT2D eigenvalue weighted by atomic mass is 9.88. The van der Waals surface area contributed by atoms with Crippen LogP contribution in [0.2, 0.25) is 0 Å². The third-order valence-corrected chi connectivity index (χ3v) is 4.18. The van der Waals surface area contributed by atoms with Gasteiger partial charge in [0.25, 0.3) is 0 Å². The number of rotatable bonds is 7. The zero-order valence-electron chi connectivity index (χ0n) is 13.8. The topological polar surface area (TPSA) is 76.7 Å². The molecule has 130 valence electrons. The van der Waals surface area contributed by atoms with Crippen molar-refractivity contribution in [2.45, 2.75) is 13.0 Å². The van der Waals surface area contributed by atoms with Crippen LogP contribution in [0.4, 0.5) is 4.79 Å². The van der Waals surface area contributed by atoms with Crippen LogP contribution in [0.15, 0.2) is 36.5 Å².